The molecule has 30 heavy (non-hydrogen) atoms. The zero-order valence-electron chi connectivity index (χ0n) is 16.2. The van der Waals surface area contributed by atoms with Crippen LogP contribution in [-0.4, -0.2) is 27.8 Å². The average molecular weight is 436 g/mol. The summed E-state index contributed by atoms with van der Waals surface area (Å²) >= 11 is 1.47. The van der Waals surface area contributed by atoms with Gasteiger partial charge in [-0.2, -0.15) is 0 Å². The Bertz CT molecular complexity index is 1500. The molecule has 0 aliphatic carbocycles. The fourth-order valence-corrected chi connectivity index (χ4v) is 5.23. The summed E-state index contributed by atoms with van der Waals surface area (Å²) in [6, 6.07) is 14.0. The van der Waals surface area contributed by atoms with Gasteiger partial charge in [0.2, 0.25) is 5.78 Å². The molecule has 0 radical (unpaired) electrons. The Balaban J connectivity index is 1.41. The van der Waals surface area contributed by atoms with Crippen LogP contribution in [0.4, 0.5) is 5.69 Å². The molecular formula is C21H17N5O2S2. The normalized spacial score (nSPS) is 11.9. The van der Waals surface area contributed by atoms with E-state index in [9.17, 15) is 8.42 Å². The first kappa shape index (κ1) is 18.7. The fraction of sp³-hybridized carbons (Fsp3) is 0.0952. The van der Waals surface area contributed by atoms with Gasteiger partial charge in [0.05, 0.1) is 25.8 Å². The first-order valence-electron chi connectivity index (χ1n) is 9.20. The van der Waals surface area contributed by atoms with E-state index in [0.29, 0.717) is 11.5 Å². The Morgan fingerprint density at radius 2 is 1.77 bits per heavy atom. The van der Waals surface area contributed by atoms with Gasteiger partial charge in [0.1, 0.15) is 0 Å². The second kappa shape index (κ2) is 6.89. The van der Waals surface area contributed by atoms with E-state index in [1.807, 2.05) is 48.8 Å². The van der Waals surface area contributed by atoms with E-state index < -0.39 is 10.0 Å². The lowest BCUT2D eigenvalue weighted by Gasteiger charge is -2.08. The summed E-state index contributed by atoms with van der Waals surface area (Å²) in [5.74, 6) is 0.628. The summed E-state index contributed by atoms with van der Waals surface area (Å²) in [4.78, 5) is 13.5. The van der Waals surface area contributed by atoms with Gasteiger partial charge in [-0.3, -0.25) is 9.12 Å². The van der Waals surface area contributed by atoms with E-state index in [1.54, 1.807) is 30.3 Å². The van der Waals surface area contributed by atoms with Gasteiger partial charge in [0.15, 0.2) is 0 Å². The second-order valence-electron chi connectivity index (χ2n) is 6.95. The van der Waals surface area contributed by atoms with Crippen molar-refractivity contribution in [2.24, 2.45) is 0 Å². The minimum Gasteiger partial charge on any atom is -0.291 e. The second-order valence-corrected chi connectivity index (χ2v) is 9.86. The number of sulfonamides is 1. The highest BCUT2D eigenvalue weighted by molar-refractivity contribution is 7.92. The molecule has 0 saturated carbocycles. The van der Waals surface area contributed by atoms with E-state index in [1.165, 1.54) is 11.3 Å². The van der Waals surface area contributed by atoms with Gasteiger partial charge in [0, 0.05) is 29.3 Å². The maximum absolute atomic E-state index is 12.8. The van der Waals surface area contributed by atoms with Crippen LogP contribution in [0.2, 0.25) is 0 Å². The van der Waals surface area contributed by atoms with Crippen LogP contribution >= 0.6 is 11.3 Å². The molecule has 9 heteroatoms. The van der Waals surface area contributed by atoms with Crippen molar-refractivity contribution in [1.29, 1.82) is 0 Å². The third-order valence-electron chi connectivity index (χ3n) is 4.68. The third kappa shape index (κ3) is 3.42. The molecule has 1 N–H and O–H groups in total. The zero-order chi connectivity index (χ0) is 20.9. The predicted molar refractivity (Wildman–Crippen MR) is 118 cm³/mol. The van der Waals surface area contributed by atoms with Crippen molar-refractivity contribution in [2.45, 2.75) is 18.7 Å². The van der Waals surface area contributed by atoms with Gasteiger partial charge in [-0.1, -0.05) is 12.1 Å². The molecule has 0 amide bonds. The number of rotatable bonds is 4. The molecule has 0 spiro atoms. The molecule has 0 aliphatic rings. The lowest BCUT2D eigenvalue weighted by Crippen LogP contribution is -2.12. The van der Waals surface area contributed by atoms with Crippen LogP contribution in [0.15, 0.2) is 65.8 Å². The Morgan fingerprint density at radius 1 is 0.967 bits per heavy atom. The van der Waals surface area contributed by atoms with E-state index in [0.717, 1.165) is 32.2 Å². The molecule has 0 atom stereocenters. The van der Waals surface area contributed by atoms with Crippen molar-refractivity contribution in [2.75, 3.05) is 4.72 Å². The lowest BCUT2D eigenvalue weighted by atomic mass is 10.1. The summed E-state index contributed by atoms with van der Waals surface area (Å²) in [6.45, 7) is 3.82. The highest BCUT2D eigenvalue weighted by Crippen LogP contribution is 2.26. The molecule has 3 aromatic heterocycles. The smallest absolute Gasteiger partial charge is 0.261 e. The fourth-order valence-electron chi connectivity index (χ4n) is 3.21. The minimum atomic E-state index is -3.70. The van der Waals surface area contributed by atoms with Crippen LogP contribution in [0.5, 0.6) is 0 Å². The third-order valence-corrected chi connectivity index (χ3v) is 6.99. The van der Waals surface area contributed by atoms with E-state index in [4.69, 9.17) is 0 Å². The lowest BCUT2D eigenvalue weighted by molar-refractivity contribution is 0.601. The van der Waals surface area contributed by atoms with Gasteiger partial charge in [0.25, 0.3) is 10.0 Å². The molecular weight excluding hydrogens is 418 g/mol. The van der Waals surface area contributed by atoms with Crippen LogP contribution in [-0.2, 0) is 10.0 Å². The number of aromatic nitrogens is 4. The van der Waals surface area contributed by atoms with Crippen LogP contribution in [0.1, 0.15) is 10.7 Å². The number of fused-ring (bicyclic) bond motifs is 2. The molecule has 0 fully saturated rings. The molecule has 0 saturated heterocycles. The standard InChI is InChI=1S/C21H17N5O2S2/c1-13-9-10-26-12-19(24-21(26)22-13)15-3-5-16(6-4-15)25-30(27,28)17-7-8-18-20(11-17)29-14(2)23-18/h3-12,25H,1-2H3. The average Bonchev–Trinajstić information content (AvgIpc) is 3.29. The van der Waals surface area contributed by atoms with Crippen molar-refractivity contribution >= 4 is 43.0 Å². The van der Waals surface area contributed by atoms with Crippen molar-refractivity contribution in [3.8, 4) is 11.3 Å². The Morgan fingerprint density at radius 3 is 2.57 bits per heavy atom. The molecule has 5 rings (SSSR count). The SMILES string of the molecule is Cc1ccn2cc(-c3ccc(NS(=O)(=O)c4ccc5nc(C)sc5c4)cc3)nc2n1. The summed E-state index contributed by atoms with van der Waals surface area (Å²) < 4.78 is 31.0. The maximum Gasteiger partial charge on any atom is 0.261 e. The largest absolute Gasteiger partial charge is 0.291 e. The van der Waals surface area contributed by atoms with Crippen LogP contribution in [0.25, 0.3) is 27.3 Å². The predicted octanol–water partition coefficient (Wildman–Crippen LogP) is 4.42. The summed E-state index contributed by atoms with van der Waals surface area (Å²) in [7, 11) is -3.70. The van der Waals surface area contributed by atoms with Crippen molar-refractivity contribution < 1.29 is 8.42 Å². The van der Waals surface area contributed by atoms with Crippen molar-refractivity contribution in [1.82, 2.24) is 19.4 Å². The molecule has 2 aromatic carbocycles. The van der Waals surface area contributed by atoms with Gasteiger partial charge in [-0.05, 0) is 50.2 Å². The number of benzene rings is 2. The number of anilines is 1. The number of nitrogens with zero attached hydrogens (tertiary/aromatic N) is 4. The van der Waals surface area contributed by atoms with E-state index in [-0.39, 0.29) is 4.90 Å². The first-order valence-corrected chi connectivity index (χ1v) is 11.5. The number of thiazole rings is 1. The van der Waals surface area contributed by atoms with Crippen LogP contribution < -0.4 is 4.72 Å². The quantitative estimate of drug-likeness (QED) is 0.451. The number of hydrogen-bond acceptors (Lipinski definition) is 6. The number of imidazole rings is 1. The summed E-state index contributed by atoms with van der Waals surface area (Å²) in [6.07, 6.45) is 3.81. The topological polar surface area (TPSA) is 89.2 Å². The van der Waals surface area contributed by atoms with Gasteiger partial charge >= 0.3 is 0 Å². The molecule has 3 heterocycles. The zero-order valence-corrected chi connectivity index (χ0v) is 17.8. The molecule has 0 aliphatic heterocycles. The molecule has 7 nitrogen and oxygen atoms in total. The first-order chi connectivity index (χ1) is 14.4. The van der Waals surface area contributed by atoms with E-state index >= 15 is 0 Å². The van der Waals surface area contributed by atoms with Crippen LogP contribution in [0.3, 0.4) is 0 Å². The maximum atomic E-state index is 12.8. The van der Waals surface area contributed by atoms with Gasteiger partial charge in [-0.15, -0.1) is 11.3 Å². The molecule has 5 aromatic rings. The summed E-state index contributed by atoms with van der Waals surface area (Å²) in [5.41, 5.74) is 3.84. The highest BCUT2D eigenvalue weighted by atomic mass is 32.2. The number of nitrogens with one attached hydrogen (secondary N) is 1. The minimum absolute atomic E-state index is 0.213. The monoisotopic (exact) mass is 435 g/mol. The number of hydrogen-bond donors (Lipinski definition) is 1. The molecule has 150 valence electrons. The Labute approximate surface area is 177 Å². The molecule has 0 unspecified atom stereocenters. The highest BCUT2D eigenvalue weighted by Gasteiger charge is 2.16. The Kier molecular flexibility index (Phi) is 4.30. The van der Waals surface area contributed by atoms with Gasteiger partial charge < -0.3 is 0 Å². The van der Waals surface area contributed by atoms with Crippen molar-refractivity contribution in [3.05, 3.63) is 71.6 Å². The Hall–Kier alpha value is -3.30. The summed E-state index contributed by atoms with van der Waals surface area (Å²) in [5, 5.41) is 0.903. The van der Waals surface area contributed by atoms with Crippen molar-refractivity contribution in [3.63, 3.8) is 0 Å². The molecule has 0 bridgehead atoms. The van der Waals surface area contributed by atoms with E-state index in [2.05, 4.69) is 19.7 Å². The van der Waals surface area contributed by atoms with Crippen LogP contribution in [0, 0.1) is 13.8 Å². The number of aryl methyl sites for hydroxylation is 2. The van der Waals surface area contributed by atoms with Gasteiger partial charge in [-0.25, -0.2) is 23.4 Å².